The molecule has 0 radical (unpaired) electrons. The van der Waals surface area contributed by atoms with Crippen molar-refractivity contribution in [3.05, 3.63) is 16.1 Å². The molecule has 0 aromatic carbocycles. The number of nitrogens with zero attached hydrogens (tertiary/aromatic N) is 2. The van der Waals surface area contributed by atoms with E-state index in [9.17, 15) is 0 Å². The number of thioether (sulfide) groups is 1. The molecule has 1 fully saturated rings. The third kappa shape index (κ3) is 4.38. The van der Waals surface area contributed by atoms with Crippen LogP contribution in [0.15, 0.2) is 11.2 Å². The molecule has 1 saturated carbocycles. The molecule has 0 saturated heterocycles. The topological polar surface area (TPSA) is 49.3 Å². The minimum absolute atomic E-state index is 0.557. The van der Waals surface area contributed by atoms with E-state index in [1.54, 1.807) is 11.3 Å². The highest BCUT2D eigenvalue weighted by atomic mass is 32.2. The number of nitrogens with one attached hydrogen (secondary N) is 2. The van der Waals surface area contributed by atoms with Crippen LogP contribution in [-0.4, -0.2) is 35.5 Å². The van der Waals surface area contributed by atoms with E-state index in [1.807, 2.05) is 25.0 Å². The minimum Gasteiger partial charge on any atom is -0.354 e. The van der Waals surface area contributed by atoms with Gasteiger partial charge >= 0.3 is 0 Å². The van der Waals surface area contributed by atoms with Crippen LogP contribution < -0.4 is 10.6 Å². The second-order valence-corrected chi connectivity index (χ2v) is 7.26. The molecule has 106 valence electrons. The molecular formula is C13H22N4S2. The molecule has 2 unspecified atom stereocenters. The van der Waals surface area contributed by atoms with Gasteiger partial charge in [-0.1, -0.05) is 0 Å². The van der Waals surface area contributed by atoms with Gasteiger partial charge in [-0.25, -0.2) is 4.98 Å². The van der Waals surface area contributed by atoms with E-state index in [-0.39, 0.29) is 0 Å². The summed E-state index contributed by atoms with van der Waals surface area (Å²) in [6.45, 7) is 2.83. The highest BCUT2D eigenvalue weighted by Gasteiger charge is 2.24. The van der Waals surface area contributed by atoms with Gasteiger partial charge in [0.2, 0.25) is 0 Å². The largest absolute Gasteiger partial charge is 0.354 e. The Morgan fingerprint density at radius 3 is 3.00 bits per heavy atom. The molecule has 1 heterocycles. The van der Waals surface area contributed by atoms with Crippen LogP contribution in [0.3, 0.4) is 0 Å². The number of aryl methyl sites for hydroxylation is 1. The predicted octanol–water partition coefficient (Wildman–Crippen LogP) is 2.40. The first-order chi connectivity index (χ1) is 9.21. The minimum atomic E-state index is 0.557. The lowest BCUT2D eigenvalue weighted by Crippen LogP contribution is -2.42. The maximum atomic E-state index is 4.35. The van der Waals surface area contributed by atoms with Crippen molar-refractivity contribution in [2.75, 3.05) is 13.3 Å². The van der Waals surface area contributed by atoms with Crippen LogP contribution in [0, 0.1) is 6.92 Å². The molecule has 0 spiro atoms. The Labute approximate surface area is 123 Å². The summed E-state index contributed by atoms with van der Waals surface area (Å²) in [5.41, 5.74) is 0. The first-order valence-corrected chi connectivity index (χ1v) is 8.73. The van der Waals surface area contributed by atoms with Gasteiger partial charge in [-0.15, -0.1) is 11.3 Å². The molecule has 1 aromatic rings. The maximum absolute atomic E-state index is 4.35. The lowest BCUT2D eigenvalue weighted by atomic mass is 10.2. The van der Waals surface area contributed by atoms with Gasteiger partial charge in [-0.2, -0.15) is 11.8 Å². The van der Waals surface area contributed by atoms with Crippen LogP contribution in [-0.2, 0) is 6.54 Å². The molecule has 0 amide bonds. The van der Waals surface area contributed by atoms with Gasteiger partial charge < -0.3 is 10.6 Å². The standard InChI is InChI=1S/C13H22N4S2/c1-9-7-15-12(19-9)8-16-13(14-2)17-10-4-5-11(6-10)18-3/h7,10-11H,4-6,8H2,1-3H3,(H2,14,16,17). The van der Waals surface area contributed by atoms with Crippen LogP contribution >= 0.6 is 23.1 Å². The summed E-state index contributed by atoms with van der Waals surface area (Å²) < 4.78 is 0. The van der Waals surface area contributed by atoms with Crippen molar-refractivity contribution < 1.29 is 0 Å². The average Bonchev–Trinajstić information content (AvgIpc) is 3.03. The number of hydrogen-bond acceptors (Lipinski definition) is 4. The second kappa shape index (κ2) is 7.14. The summed E-state index contributed by atoms with van der Waals surface area (Å²) in [6.07, 6.45) is 7.89. The zero-order valence-corrected chi connectivity index (χ0v) is 13.4. The van der Waals surface area contributed by atoms with Gasteiger partial charge in [0, 0.05) is 29.4 Å². The highest BCUT2D eigenvalue weighted by molar-refractivity contribution is 7.99. The monoisotopic (exact) mass is 298 g/mol. The molecule has 1 aliphatic carbocycles. The molecule has 2 N–H and O–H groups in total. The van der Waals surface area contributed by atoms with Gasteiger partial charge in [0.1, 0.15) is 5.01 Å². The molecule has 0 bridgehead atoms. The number of hydrogen-bond donors (Lipinski definition) is 2. The Kier molecular flexibility index (Phi) is 5.51. The summed E-state index contributed by atoms with van der Waals surface area (Å²) >= 11 is 3.70. The summed E-state index contributed by atoms with van der Waals surface area (Å²) in [6, 6.07) is 0.557. The number of rotatable bonds is 4. The quantitative estimate of drug-likeness (QED) is 0.662. The van der Waals surface area contributed by atoms with Crippen LogP contribution in [0.1, 0.15) is 29.1 Å². The molecule has 6 heteroatoms. The third-order valence-corrected chi connectivity index (χ3v) is 5.37. The molecule has 4 nitrogen and oxygen atoms in total. The summed E-state index contributed by atoms with van der Waals surface area (Å²) in [7, 11) is 1.82. The number of guanidine groups is 1. The van der Waals surface area contributed by atoms with Crippen LogP contribution in [0.25, 0.3) is 0 Å². The van der Waals surface area contributed by atoms with E-state index in [1.165, 1.54) is 24.1 Å². The Morgan fingerprint density at radius 2 is 2.42 bits per heavy atom. The summed E-state index contributed by atoms with van der Waals surface area (Å²) in [4.78, 5) is 9.89. The van der Waals surface area contributed by atoms with E-state index < -0.39 is 0 Å². The molecule has 1 aliphatic rings. The van der Waals surface area contributed by atoms with Crippen molar-refractivity contribution >= 4 is 29.1 Å². The summed E-state index contributed by atoms with van der Waals surface area (Å²) in [5, 5.41) is 8.76. The lowest BCUT2D eigenvalue weighted by molar-refractivity contribution is 0.614. The number of aromatic nitrogens is 1. The fourth-order valence-corrected chi connectivity index (χ4v) is 3.84. The normalized spacial score (nSPS) is 23.6. The Hall–Kier alpha value is -0.750. The van der Waals surface area contributed by atoms with Crippen molar-refractivity contribution in [1.29, 1.82) is 0 Å². The van der Waals surface area contributed by atoms with Gasteiger partial charge in [-0.3, -0.25) is 4.99 Å². The zero-order chi connectivity index (χ0) is 13.7. The average molecular weight is 298 g/mol. The Bertz CT molecular complexity index is 430. The Balaban J connectivity index is 1.78. The van der Waals surface area contributed by atoms with Crippen molar-refractivity contribution in [1.82, 2.24) is 15.6 Å². The van der Waals surface area contributed by atoms with Gasteiger partial charge in [-0.05, 0) is 32.4 Å². The molecule has 19 heavy (non-hydrogen) atoms. The van der Waals surface area contributed by atoms with E-state index in [0.29, 0.717) is 6.04 Å². The zero-order valence-electron chi connectivity index (χ0n) is 11.8. The van der Waals surface area contributed by atoms with Gasteiger partial charge in [0.05, 0.1) is 6.54 Å². The summed E-state index contributed by atoms with van der Waals surface area (Å²) in [5.74, 6) is 0.889. The molecule has 2 rings (SSSR count). The van der Waals surface area contributed by atoms with E-state index >= 15 is 0 Å². The lowest BCUT2D eigenvalue weighted by Gasteiger charge is -2.16. The van der Waals surface area contributed by atoms with Crippen LogP contribution in [0.2, 0.25) is 0 Å². The van der Waals surface area contributed by atoms with Crippen molar-refractivity contribution in [2.45, 2.75) is 44.0 Å². The number of thiazole rings is 1. The predicted molar refractivity (Wildman–Crippen MR) is 85.1 cm³/mol. The second-order valence-electron chi connectivity index (χ2n) is 4.80. The first kappa shape index (κ1) is 14.7. The first-order valence-electron chi connectivity index (χ1n) is 6.62. The third-order valence-electron chi connectivity index (χ3n) is 3.36. The van der Waals surface area contributed by atoms with Crippen molar-refractivity contribution in [2.24, 2.45) is 4.99 Å². The van der Waals surface area contributed by atoms with Crippen LogP contribution in [0.4, 0.5) is 0 Å². The van der Waals surface area contributed by atoms with Gasteiger partial charge in [0.25, 0.3) is 0 Å². The fraction of sp³-hybridized carbons (Fsp3) is 0.692. The fourth-order valence-electron chi connectivity index (χ4n) is 2.32. The van der Waals surface area contributed by atoms with Crippen molar-refractivity contribution in [3.63, 3.8) is 0 Å². The smallest absolute Gasteiger partial charge is 0.191 e. The van der Waals surface area contributed by atoms with E-state index in [2.05, 4.69) is 33.8 Å². The van der Waals surface area contributed by atoms with Crippen LogP contribution in [0.5, 0.6) is 0 Å². The molecule has 1 aromatic heterocycles. The number of aliphatic imine (C=N–C) groups is 1. The Morgan fingerprint density at radius 1 is 1.58 bits per heavy atom. The van der Waals surface area contributed by atoms with E-state index in [4.69, 9.17) is 0 Å². The molecular weight excluding hydrogens is 276 g/mol. The van der Waals surface area contributed by atoms with E-state index in [0.717, 1.165) is 22.8 Å². The van der Waals surface area contributed by atoms with Crippen molar-refractivity contribution in [3.8, 4) is 0 Å². The maximum Gasteiger partial charge on any atom is 0.191 e. The SMILES string of the molecule is CN=C(NCc1ncc(C)s1)NC1CCC(SC)C1. The molecule has 2 atom stereocenters. The highest BCUT2D eigenvalue weighted by Crippen LogP contribution is 2.27. The molecule has 0 aliphatic heterocycles. The van der Waals surface area contributed by atoms with Gasteiger partial charge in [0.15, 0.2) is 5.96 Å².